The van der Waals surface area contributed by atoms with Gasteiger partial charge < -0.3 is 4.74 Å². The molecule has 2 amide bonds. The molecular weight excluding hydrogens is 487 g/mol. The molecule has 0 radical (unpaired) electrons. The molecule has 33 heavy (non-hydrogen) atoms. The van der Waals surface area contributed by atoms with Crippen LogP contribution < -0.4 is 9.64 Å². The third-order valence-electron chi connectivity index (χ3n) is 6.14. The van der Waals surface area contributed by atoms with Gasteiger partial charge in [-0.25, -0.2) is 13.3 Å². The number of hydrogen-bond donors (Lipinski definition) is 0. The van der Waals surface area contributed by atoms with Crippen molar-refractivity contribution < 1.29 is 22.7 Å². The molecule has 0 aromatic heterocycles. The fourth-order valence-electron chi connectivity index (χ4n) is 4.56. The maximum Gasteiger partial charge on any atom is 0.252 e. The first-order chi connectivity index (χ1) is 15.7. The molecule has 1 heterocycles. The van der Waals surface area contributed by atoms with E-state index >= 15 is 0 Å². The van der Waals surface area contributed by atoms with E-state index in [-0.39, 0.29) is 21.4 Å². The Kier molecular flexibility index (Phi) is 7.00. The van der Waals surface area contributed by atoms with E-state index in [0.717, 1.165) is 24.2 Å². The van der Waals surface area contributed by atoms with Gasteiger partial charge in [0.1, 0.15) is 16.7 Å². The monoisotopic (exact) mass is 510 g/mol. The van der Waals surface area contributed by atoms with Crippen molar-refractivity contribution in [3.63, 3.8) is 0 Å². The number of ether oxygens (including phenoxy) is 1. The van der Waals surface area contributed by atoms with Crippen molar-refractivity contribution in [3.05, 3.63) is 52.5 Å². The Morgan fingerprint density at radius 2 is 1.67 bits per heavy atom. The highest BCUT2D eigenvalue weighted by Gasteiger charge is 2.49. The molecule has 1 atom stereocenters. The second-order valence-electron chi connectivity index (χ2n) is 8.19. The second kappa shape index (κ2) is 9.62. The summed E-state index contributed by atoms with van der Waals surface area (Å²) < 4.78 is 34.1. The number of benzene rings is 2. The summed E-state index contributed by atoms with van der Waals surface area (Å²) in [6, 6.07) is 9.14. The van der Waals surface area contributed by atoms with Crippen LogP contribution >= 0.6 is 23.2 Å². The first-order valence-corrected chi connectivity index (χ1v) is 12.9. The SMILES string of the molecule is COc1ccc(N2C(=O)CC(N(C3CCCCC3)S(=O)(=O)c3cc(Cl)ccc3Cl)C2=O)cc1. The minimum atomic E-state index is -4.21. The fraction of sp³-hybridized carbons (Fsp3) is 0.391. The maximum absolute atomic E-state index is 13.9. The van der Waals surface area contributed by atoms with Crippen LogP contribution in [-0.2, 0) is 19.6 Å². The Morgan fingerprint density at radius 1 is 1.00 bits per heavy atom. The smallest absolute Gasteiger partial charge is 0.252 e. The molecule has 0 spiro atoms. The zero-order valence-electron chi connectivity index (χ0n) is 18.0. The molecule has 10 heteroatoms. The number of methoxy groups -OCH3 is 1. The molecular formula is C23H24Cl2N2O5S. The van der Waals surface area contributed by atoms with Crippen molar-refractivity contribution in [2.24, 2.45) is 0 Å². The summed E-state index contributed by atoms with van der Waals surface area (Å²) in [7, 11) is -2.69. The molecule has 7 nitrogen and oxygen atoms in total. The number of carbonyl (C=O) groups is 2. The summed E-state index contributed by atoms with van der Waals surface area (Å²) in [5.41, 5.74) is 0.370. The minimum absolute atomic E-state index is 0.0176. The lowest BCUT2D eigenvalue weighted by Gasteiger charge is -2.36. The minimum Gasteiger partial charge on any atom is -0.497 e. The molecule has 1 aliphatic heterocycles. The van der Waals surface area contributed by atoms with Gasteiger partial charge in [-0.2, -0.15) is 4.31 Å². The Bertz CT molecular complexity index is 1160. The molecule has 2 aromatic rings. The lowest BCUT2D eigenvalue weighted by atomic mass is 9.94. The average Bonchev–Trinajstić information content (AvgIpc) is 3.09. The lowest BCUT2D eigenvalue weighted by Crippen LogP contribution is -2.51. The highest BCUT2D eigenvalue weighted by molar-refractivity contribution is 7.89. The van der Waals surface area contributed by atoms with Crippen LogP contribution in [0, 0.1) is 0 Å². The molecule has 1 unspecified atom stereocenters. The van der Waals surface area contributed by atoms with Gasteiger partial charge in [-0.15, -0.1) is 0 Å². The number of amides is 2. The van der Waals surface area contributed by atoms with Crippen LogP contribution in [0.1, 0.15) is 38.5 Å². The van der Waals surface area contributed by atoms with E-state index < -0.39 is 33.9 Å². The summed E-state index contributed by atoms with van der Waals surface area (Å²) in [4.78, 5) is 27.3. The second-order valence-corrected chi connectivity index (χ2v) is 10.8. The third kappa shape index (κ3) is 4.62. The topological polar surface area (TPSA) is 84.0 Å². The number of sulfonamides is 1. The van der Waals surface area contributed by atoms with Crippen LogP contribution in [0.15, 0.2) is 47.4 Å². The van der Waals surface area contributed by atoms with Gasteiger partial charge in [0.15, 0.2) is 0 Å². The van der Waals surface area contributed by atoms with Crippen LogP contribution in [0.25, 0.3) is 0 Å². The van der Waals surface area contributed by atoms with Gasteiger partial charge in [0.05, 0.1) is 24.2 Å². The van der Waals surface area contributed by atoms with E-state index in [9.17, 15) is 18.0 Å². The van der Waals surface area contributed by atoms with Crippen LogP contribution in [0.2, 0.25) is 10.0 Å². The summed E-state index contributed by atoms with van der Waals surface area (Å²) in [5, 5.41) is 0.235. The molecule has 0 bridgehead atoms. The van der Waals surface area contributed by atoms with Crippen molar-refractivity contribution in [1.82, 2.24) is 4.31 Å². The van der Waals surface area contributed by atoms with Crippen molar-refractivity contribution in [2.75, 3.05) is 12.0 Å². The first kappa shape index (κ1) is 24.0. The van der Waals surface area contributed by atoms with Gasteiger partial charge in [-0.1, -0.05) is 42.5 Å². The first-order valence-electron chi connectivity index (χ1n) is 10.7. The van der Waals surface area contributed by atoms with Gasteiger partial charge >= 0.3 is 0 Å². The molecule has 4 rings (SSSR count). The van der Waals surface area contributed by atoms with Gasteiger partial charge in [-0.05, 0) is 55.3 Å². The van der Waals surface area contributed by atoms with Crippen LogP contribution in [-0.4, -0.2) is 43.7 Å². The predicted octanol–water partition coefficient (Wildman–Crippen LogP) is 4.66. The van der Waals surface area contributed by atoms with Gasteiger partial charge in [-0.3, -0.25) is 9.59 Å². The van der Waals surface area contributed by atoms with Crippen molar-refractivity contribution in [3.8, 4) is 5.75 Å². The highest BCUT2D eigenvalue weighted by Crippen LogP contribution is 2.37. The molecule has 2 fully saturated rings. The molecule has 0 N–H and O–H groups in total. The number of carbonyl (C=O) groups excluding carboxylic acids is 2. The number of nitrogens with zero attached hydrogens (tertiary/aromatic N) is 2. The zero-order chi connectivity index (χ0) is 23.8. The molecule has 2 aliphatic rings. The van der Waals surface area contributed by atoms with E-state index in [1.165, 1.54) is 29.6 Å². The summed E-state index contributed by atoms with van der Waals surface area (Å²) >= 11 is 12.3. The fourth-order valence-corrected chi connectivity index (χ4v) is 7.13. The Hall–Kier alpha value is -2.13. The summed E-state index contributed by atoms with van der Waals surface area (Å²) in [6.07, 6.45) is 3.67. The molecule has 2 aromatic carbocycles. The van der Waals surface area contributed by atoms with Crippen molar-refractivity contribution in [1.29, 1.82) is 0 Å². The van der Waals surface area contributed by atoms with E-state index in [1.807, 2.05) is 0 Å². The average molecular weight is 511 g/mol. The standard InChI is InChI=1S/C23H24Cl2N2O5S/c1-32-18-10-8-16(9-11-18)26-22(28)14-20(23(26)29)27(17-5-3-2-4-6-17)33(30,31)21-13-15(24)7-12-19(21)25/h7-13,17,20H,2-6,14H2,1H3. The van der Waals surface area contributed by atoms with Crippen molar-refractivity contribution in [2.45, 2.75) is 55.5 Å². The Morgan fingerprint density at radius 3 is 2.30 bits per heavy atom. The highest BCUT2D eigenvalue weighted by atomic mass is 35.5. The zero-order valence-corrected chi connectivity index (χ0v) is 20.4. The number of imide groups is 1. The predicted molar refractivity (Wildman–Crippen MR) is 126 cm³/mol. The molecule has 1 saturated heterocycles. The van der Waals surface area contributed by atoms with Gasteiger partial charge in [0.25, 0.3) is 5.91 Å². The molecule has 1 saturated carbocycles. The van der Waals surface area contributed by atoms with E-state index in [1.54, 1.807) is 24.3 Å². The molecule has 176 valence electrons. The van der Waals surface area contributed by atoms with Gasteiger partial charge in [0.2, 0.25) is 15.9 Å². The van der Waals surface area contributed by atoms with Crippen LogP contribution in [0.5, 0.6) is 5.75 Å². The maximum atomic E-state index is 13.9. The number of rotatable bonds is 6. The number of anilines is 1. The van der Waals surface area contributed by atoms with Crippen LogP contribution in [0.3, 0.4) is 0 Å². The molecule has 1 aliphatic carbocycles. The quantitative estimate of drug-likeness (QED) is 0.527. The largest absolute Gasteiger partial charge is 0.497 e. The van der Waals surface area contributed by atoms with E-state index in [4.69, 9.17) is 27.9 Å². The van der Waals surface area contributed by atoms with E-state index in [2.05, 4.69) is 0 Å². The van der Waals surface area contributed by atoms with Gasteiger partial charge in [0, 0.05) is 11.1 Å². The Balaban J connectivity index is 1.75. The summed E-state index contributed by atoms with van der Waals surface area (Å²) in [6.45, 7) is 0. The number of halogens is 2. The normalized spacial score (nSPS) is 20.0. The Labute approximate surface area is 203 Å². The number of hydrogen-bond acceptors (Lipinski definition) is 5. The third-order valence-corrected chi connectivity index (χ3v) is 8.82. The van der Waals surface area contributed by atoms with E-state index in [0.29, 0.717) is 24.3 Å². The van der Waals surface area contributed by atoms with Crippen molar-refractivity contribution >= 4 is 50.7 Å². The van der Waals surface area contributed by atoms with Crippen LogP contribution in [0.4, 0.5) is 5.69 Å². The lowest BCUT2D eigenvalue weighted by molar-refractivity contribution is -0.122. The summed E-state index contributed by atoms with van der Waals surface area (Å²) in [5.74, 6) is -0.447.